The molecule has 0 heteroatoms. The summed E-state index contributed by atoms with van der Waals surface area (Å²) in [5.41, 5.74) is 1.46. The Hall–Kier alpha value is -0.780. The highest BCUT2D eigenvalue weighted by atomic mass is 14.2. The van der Waals surface area contributed by atoms with Crippen LogP contribution in [0.25, 0.3) is 0 Å². The van der Waals surface area contributed by atoms with Gasteiger partial charge >= 0.3 is 0 Å². The van der Waals surface area contributed by atoms with Gasteiger partial charge in [0.2, 0.25) is 0 Å². The fourth-order valence-corrected chi connectivity index (χ4v) is 1.44. The topological polar surface area (TPSA) is 0 Å². The lowest BCUT2D eigenvalue weighted by Crippen LogP contribution is -2.04. The van der Waals surface area contributed by atoms with Crippen molar-refractivity contribution in [2.45, 2.75) is 33.1 Å². The van der Waals surface area contributed by atoms with Gasteiger partial charge in [0.25, 0.3) is 0 Å². The molecule has 0 saturated carbocycles. The first-order valence-electron chi connectivity index (χ1n) is 4.80. The van der Waals surface area contributed by atoms with Crippen molar-refractivity contribution in [3.63, 3.8) is 0 Å². The SMILES string of the molecule is CC[C@@H](C)C(C)c1ccccc1. The number of hydrogen-bond acceptors (Lipinski definition) is 0. The molecule has 0 heterocycles. The fourth-order valence-electron chi connectivity index (χ4n) is 1.44. The predicted molar refractivity (Wildman–Crippen MR) is 54.3 cm³/mol. The zero-order chi connectivity index (χ0) is 8.97. The van der Waals surface area contributed by atoms with E-state index in [-0.39, 0.29) is 0 Å². The molecule has 0 saturated heterocycles. The molecule has 1 aromatic rings. The van der Waals surface area contributed by atoms with Crippen LogP contribution < -0.4 is 0 Å². The zero-order valence-electron chi connectivity index (χ0n) is 8.25. The first-order valence-corrected chi connectivity index (χ1v) is 4.80. The Morgan fingerprint density at radius 3 is 2.17 bits per heavy atom. The molecule has 0 spiro atoms. The first kappa shape index (κ1) is 9.31. The minimum Gasteiger partial charge on any atom is -0.0651 e. The summed E-state index contributed by atoms with van der Waals surface area (Å²) in [5, 5.41) is 0. The van der Waals surface area contributed by atoms with Crippen molar-refractivity contribution in [3.8, 4) is 0 Å². The Kier molecular flexibility index (Phi) is 3.33. The summed E-state index contributed by atoms with van der Waals surface area (Å²) in [6.07, 6.45) is 1.26. The highest BCUT2D eigenvalue weighted by Crippen LogP contribution is 2.25. The maximum absolute atomic E-state index is 2.32. The molecule has 0 aromatic heterocycles. The van der Waals surface area contributed by atoms with Gasteiger partial charge in [0, 0.05) is 0 Å². The van der Waals surface area contributed by atoms with Gasteiger partial charge in [0.05, 0.1) is 0 Å². The van der Waals surface area contributed by atoms with Gasteiger partial charge in [-0.3, -0.25) is 0 Å². The lowest BCUT2D eigenvalue weighted by Gasteiger charge is -2.18. The van der Waals surface area contributed by atoms with E-state index in [1.165, 1.54) is 12.0 Å². The molecule has 1 rings (SSSR count). The van der Waals surface area contributed by atoms with Gasteiger partial charge in [-0.15, -0.1) is 0 Å². The maximum atomic E-state index is 2.32. The maximum Gasteiger partial charge on any atom is -0.0165 e. The van der Waals surface area contributed by atoms with E-state index in [0.717, 1.165) is 5.92 Å². The van der Waals surface area contributed by atoms with Crippen molar-refractivity contribution in [2.75, 3.05) is 0 Å². The van der Waals surface area contributed by atoms with Crippen molar-refractivity contribution >= 4 is 0 Å². The Morgan fingerprint density at radius 2 is 1.67 bits per heavy atom. The van der Waals surface area contributed by atoms with E-state index in [2.05, 4.69) is 51.1 Å². The van der Waals surface area contributed by atoms with Crippen molar-refractivity contribution in [2.24, 2.45) is 5.92 Å². The number of hydrogen-bond donors (Lipinski definition) is 0. The monoisotopic (exact) mass is 162 g/mol. The quantitative estimate of drug-likeness (QED) is 0.633. The van der Waals surface area contributed by atoms with Crippen molar-refractivity contribution in [1.82, 2.24) is 0 Å². The Labute approximate surface area is 75.6 Å². The molecule has 0 N–H and O–H groups in total. The highest BCUT2D eigenvalue weighted by Gasteiger charge is 2.10. The van der Waals surface area contributed by atoms with Crippen LogP contribution in [0.5, 0.6) is 0 Å². The Balaban J connectivity index is 2.71. The van der Waals surface area contributed by atoms with Crippen LogP contribution in [-0.2, 0) is 0 Å². The molecule has 0 aliphatic carbocycles. The third-order valence-electron chi connectivity index (χ3n) is 2.82. The zero-order valence-corrected chi connectivity index (χ0v) is 8.25. The standard InChI is InChI=1S/C12H18/c1-4-10(2)11(3)12-8-6-5-7-9-12/h5-11H,4H2,1-3H3/t10-,11?/m1/s1. The van der Waals surface area contributed by atoms with Crippen molar-refractivity contribution < 1.29 is 0 Å². The molecular formula is C12H18. The van der Waals surface area contributed by atoms with E-state index in [0.29, 0.717) is 5.92 Å². The van der Waals surface area contributed by atoms with Gasteiger partial charge in [-0.05, 0) is 17.4 Å². The molecule has 0 amide bonds. The third-order valence-corrected chi connectivity index (χ3v) is 2.82. The summed E-state index contributed by atoms with van der Waals surface area (Å²) in [5.74, 6) is 1.48. The van der Waals surface area contributed by atoms with Crippen LogP contribution in [0.2, 0.25) is 0 Å². The number of benzene rings is 1. The van der Waals surface area contributed by atoms with Gasteiger partial charge in [-0.2, -0.15) is 0 Å². The second kappa shape index (κ2) is 4.30. The second-order valence-electron chi connectivity index (χ2n) is 3.58. The number of rotatable bonds is 3. The predicted octanol–water partition coefficient (Wildman–Crippen LogP) is 3.84. The van der Waals surface area contributed by atoms with Crippen LogP contribution in [-0.4, -0.2) is 0 Å². The molecule has 0 aliphatic rings. The largest absolute Gasteiger partial charge is 0.0651 e. The van der Waals surface area contributed by atoms with Gasteiger partial charge < -0.3 is 0 Å². The molecule has 0 bridgehead atoms. The van der Waals surface area contributed by atoms with Gasteiger partial charge in [0.1, 0.15) is 0 Å². The van der Waals surface area contributed by atoms with E-state index < -0.39 is 0 Å². The molecule has 12 heavy (non-hydrogen) atoms. The molecule has 1 aromatic carbocycles. The second-order valence-corrected chi connectivity index (χ2v) is 3.58. The molecule has 0 nitrogen and oxygen atoms in total. The molecule has 66 valence electrons. The van der Waals surface area contributed by atoms with Gasteiger partial charge in [0.15, 0.2) is 0 Å². The van der Waals surface area contributed by atoms with Crippen LogP contribution in [0.4, 0.5) is 0 Å². The minimum absolute atomic E-state index is 0.691. The summed E-state index contributed by atoms with van der Waals surface area (Å²) in [6.45, 7) is 6.88. The van der Waals surface area contributed by atoms with Gasteiger partial charge in [-0.25, -0.2) is 0 Å². The summed E-state index contributed by atoms with van der Waals surface area (Å²) < 4.78 is 0. The summed E-state index contributed by atoms with van der Waals surface area (Å²) >= 11 is 0. The lowest BCUT2D eigenvalue weighted by molar-refractivity contribution is 0.473. The smallest absolute Gasteiger partial charge is 0.0165 e. The Bertz CT molecular complexity index is 213. The average molecular weight is 162 g/mol. The molecule has 1 unspecified atom stereocenters. The normalized spacial score (nSPS) is 15.6. The van der Waals surface area contributed by atoms with Gasteiger partial charge in [-0.1, -0.05) is 57.5 Å². The third kappa shape index (κ3) is 2.10. The average Bonchev–Trinajstić information content (AvgIpc) is 2.17. The molecule has 2 atom stereocenters. The summed E-state index contributed by atoms with van der Waals surface area (Å²) in [7, 11) is 0. The van der Waals surface area contributed by atoms with E-state index in [4.69, 9.17) is 0 Å². The van der Waals surface area contributed by atoms with E-state index >= 15 is 0 Å². The minimum atomic E-state index is 0.691. The lowest BCUT2D eigenvalue weighted by atomic mass is 9.87. The molecule has 0 aliphatic heterocycles. The summed E-state index contributed by atoms with van der Waals surface area (Å²) in [6, 6.07) is 10.8. The summed E-state index contributed by atoms with van der Waals surface area (Å²) in [4.78, 5) is 0. The molecular weight excluding hydrogens is 144 g/mol. The highest BCUT2D eigenvalue weighted by molar-refractivity contribution is 5.19. The van der Waals surface area contributed by atoms with Crippen LogP contribution in [0.1, 0.15) is 38.7 Å². The molecule has 0 fully saturated rings. The van der Waals surface area contributed by atoms with Crippen LogP contribution in [0.15, 0.2) is 30.3 Å². The van der Waals surface area contributed by atoms with Crippen molar-refractivity contribution in [3.05, 3.63) is 35.9 Å². The van der Waals surface area contributed by atoms with Crippen molar-refractivity contribution in [1.29, 1.82) is 0 Å². The fraction of sp³-hybridized carbons (Fsp3) is 0.500. The van der Waals surface area contributed by atoms with Crippen LogP contribution in [0.3, 0.4) is 0 Å². The van der Waals surface area contributed by atoms with Crippen LogP contribution in [0, 0.1) is 5.92 Å². The Morgan fingerprint density at radius 1 is 1.08 bits per heavy atom. The van der Waals surface area contributed by atoms with E-state index in [1.807, 2.05) is 0 Å². The first-order chi connectivity index (χ1) is 5.75. The van der Waals surface area contributed by atoms with E-state index in [9.17, 15) is 0 Å². The van der Waals surface area contributed by atoms with Crippen LogP contribution >= 0.6 is 0 Å². The molecule has 0 radical (unpaired) electrons. The van der Waals surface area contributed by atoms with E-state index in [1.54, 1.807) is 0 Å².